The lowest BCUT2D eigenvalue weighted by atomic mass is 9.50. The van der Waals surface area contributed by atoms with Gasteiger partial charge in [0.15, 0.2) is 0 Å². The molecule has 0 unspecified atom stereocenters. The van der Waals surface area contributed by atoms with Gasteiger partial charge >= 0.3 is 17.9 Å². The van der Waals surface area contributed by atoms with E-state index in [1.807, 2.05) is 0 Å². The third kappa shape index (κ3) is 3.13. The Morgan fingerprint density at radius 3 is 1.20 bits per heavy atom. The van der Waals surface area contributed by atoms with Crippen molar-refractivity contribution < 1.29 is 28.6 Å². The molecule has 0 radical (unpaired) electrons. The summed E-state index contributed by atoms with van der Waals surface area (Å²) in [5.41, 5.74) is -2.48. The van der Waals surface area contributed by atoms with E-state index in [0.717, 1.165) is 18.2 Å². The molecule has 4 bridgehead atoms. The molecule has 6 heteroatoms. The van der Waals surface area contributed by atoms with E-state index in [0.29, 0.717) is 38.5 Å². The highest BCUT2D eigenvalue weighted by Crippen LogP contribution is 2.63. The van der Waals surface area contributed by atoms with Gasteiger partial charge in [0.1, 0.15) is 16.8 Å². The monoisotopic (exact) mass is 346 g/mol. The van der Waals surface area contributed by atoms with Crippen LogP contribution in [-0.4, -0.2) is 34.7 Å². The lowest BCUT2D eigenvalue weighted by Crippen LogP contribution is -2.68. The average molecular weight is 346 g/mol. The molecular weight excluding hydrogens is 324 g/mol. The zero-order valence-corrected chi connectivity index (χ0v) is 14.1. The summed E-state index contributed by atoms with van der Waals surface area (Å²) in [6, 6.07) is 0. The van der Waals surface area contributed by atoms with Gasteiger partial charge < -0.3 is 14.2 Å². The minimum Gasteiger partial charge on any atom is -0.456 e. The molecule has 6 nitrogen and oxygen atoms in total. The maximum absolute atomic E-state index is 11.9. The van der Waals surface area contributed by atoms with Gasteiger partial charge in [-0.25, -0.2) is 14.4 Å². The quantitative estimate of drug-likeness (QED) is 0.417. The summed E-state index contributed by atoms with van der Waals surface area (Å²) in [6.07, 6.45) is 6.50. The molecule has 0 saturated heterocycles. The second-order valence-corrected chi connectivity index (χ2v) is 7.43. The molecule has 4 saturated carbocycles. The molecule has 4 aliphatic rings. The molecule has 0 aromatic carbocycles. The summed E-state index contributed by atoms with van der Waals surface area (Å²) >= 11 is 0. The summed E-state index contributed by atoms with van der Waals surface area (Å²) < 4.78 is 17.1. The normalized spacial score (nSPS) is 37.7. The fourth-order valence-electron chi connectivity index (χ4n) is 5.28. The summed E-state index contributed by atoms with van der Waals surface area (Å²) in [6.45, 7) is 10.3. The number of rotatable bonds is 6. The van der Waals surface area contributed by atoms with Crippen LogP contribution in [0.5, 0.6) is 0 Å². The minimum atomic E-state index is -0.826. The summed E-state index contributed by atoms with van der Waals surface area (Å²) in [5, 5.41) is 0. The van der Waals surface area contributed by atoms with Crippen LogP contribution in [0.15, 0.2) is 38.0 Å². The molecule has 0 spiro atoms. The van der Waals surface area contributed by atoms with Crippen LogP contribution >= 0.6 is 0 Å². The highest BCUT2D eigenvalue weighted by Gasteiger charge is 2.68. The van der Waals surface area contributed by atoms with Crippen LogP contribution < -0.4 is 0 Å². The minimum absolute atomic E-state index is 0.129. The van der Waals surface area contributed by atoms with Crippen molar-refractivity contribution in [3.05, 3.63) is 38.0 Å². The number of carbonyl (C=O) groups is 3. The number of carbonyl (C=O) groups excluding carboxylic acids is 3. The molecule has 134 valence electrons. The first kappa shape index (κ1) is 17.5. The van der Waals surface area contributed by atoms with Gasteiger partial charge in [-0.15, -0.1) is 0 Å². The maximum atomic E-state index is 11.9. The molecule has 0 aromatic rings. The lowest BCUT2D eigenvalue weighted by molar-refractivity contribution is -0.268. The van der Waals surface area contributed by atoms with Gasteiger partial charge in [0.05, 0.1) is 0 Å². The second kappa shape index (κ2) is 5.86. The van der Waals surface area contributed by atoms with Crippen molar-refractivity contribution in [2.75, 3.05) is 0 Å². The van der Waals surface area contributed by atoms with Crippen molar-refractivity contribution in [3.63, 3.8) is 0 Å². The van der Waals surface area contributed by atoms with E-state index in [1.165, 1.54) is 0 Å². The van der Waals surface area contributed by atoms with E-state index < -0.39 is 34.7 Å². The topological polar surface area (TPSA) is 78.9 Å². The van der Waals surface area contributed by atoms with E-state index in [4.69, 9.17) is 14.2 Å². The molecule has 0 aliphatic heterocycles. The molecule has 0 aromatic heterocycles. The van der Waals surface area contributed by atoms with Crippen LogP contribution in [0, 0.1) is 5.92 Å². The maximum Gasteiger partial charge on any atom is 0.330 e. The van der Waals surface area contributed by atoms with Gasteiger partial charge in [0.2, 0.25) is 0 Å². The van der Waals surface area contributed by atoms with Crippen LogP contribution in [0.3, 0.4) is 0 Å². The summed E-state index contributed by atoms with van der Waals surface area (Å²) in [5.74, 6) is -1.46. The average Bonchev–Trinajstić information content (AvgIpc) is 2.51. The van der Waals surface area contributed by atoms with Gasteiger partial charge in [-0.2, -0.15) is 0 Å². The number of hydrogen-bond acceptors (Lipinski definition) is 6. The first-order valence-electron chi connectivity index (χ1n) is 8.33. The fraction of sp³-hybridized carbons (Fsp3) is 0.526. The molecule has 4 rings (SSSR count). The molecule has 4 fully saturated rings. The highest BCUT2D eigenvalue weighted by atomic mass is 16.6. The molecule has 0 N–H and O–H groups in total. The van der Waals surface area contributed by atoms with E-state index in [1.54, 1.807) is 0 Å². The number of hydrogen-bond donors (Lipinski definition) is 0. The number of ether oxygens (including phenoxy) is 3. The van der Waals surface area contributed by atoms with Crippen LogP contribution in [0.4, 0.5) is 0 Å². The summed E-state index contributed by atoms with van der Waals surface area (Å²) in [7, 11) is 0. The third-order valence-electron chi connectivity index (χ3n) is 5.37. The second-order valence-electron chi connectivity index (χ2n) is 7.43. The van der Waals surface area contributed by atoms with Gasteiger partial charge in [0.25, 0.3) is 0 Å². The Bertz CT molecular complexity index is 564. The van der Waals surface area contributed by atoms with E-state index in [-0.39, 0.29) is 5.92 Å². The lowest BCUT2D eigenvalue weighted by Gasteiger charge is -2.63. The van der Waals surface area contributed by atoms with Gasteiger partial charge in [-0.3, -0.25) is 0 Å². The van der Waals surface area contributed by atoms with Crippen molar-refractivity contribution in [2.45, 2.75) is 55.3 Å². The summed E-state index contributed by atoms with van der Waals surface area (Å²) in [4.78, 5) is 35.6. The molecule has 0 atom stereocenters. The zero-order valence-electron chi connectivity index (χ0n) is 14.1. The van der Waals surface area contributed by atoms with Crippen LogP contribution in [0.2, 0.25) is 0 Å². The van der Waals surface area contributed by atoms with Crippen LogP contribution in [-0.2, 0) is 28.6 Å². The van der Waals surface area contributed by atoms with Gasteiger partial charge in [-0.1, -0.05) is 19.7 Å². The number of esters is 3. The smallest absolute Gasteiger partial charge is 0.330 e. The van der Waals surface area contributed by atoms with E-state index in [9.17, 15) is 14.4 Å². The van der Waals surface area contributed by atoms with E-state index >= 15 is 0 Å². The molecule has 4 aliphatic carbocycles. The molecular formula is C19H22O6. The Morgan fingerprint density at radius 2 is 0.960 bits per heavy atom. The standard InChI is InChI=1S/C19H22O6/c1-4-14(20)23-17-7-13-8-18(10-17,24-15(21)5-2)12-19(9-13,11-17)25-16(22)6-3/h4-6,13H,1-3,7-12H2. The van der Waals surface area contributed by atoms with Crippen molar-refractivity contribution in [3.8, 4) is 0 Å². The predicted octanol–water partition coefficient (Wildman–Crippen LogP) is 2.39. The largest absolute Gasteiger partial charge is 0.456 e. The van der Waals surface area contributed by atoms with Crippen molar-refractivity contribution in [2.24, 2.45) is 5.92 Å². The fourth-order valence-corrected chi connectivity index (χ4v) is 5.28. The SMILES string of the molecule is C=CC(=O)OC12CC3CC(OC(=O)C=C)(C1)CC(OC(=O)C=C)(C3)C2. The van der Waals surface area contributed by atoms with Crippen LogP contribution in [0.1, 0.15) is 38.5 Å². The Balaban J connectivity index is 1.97. The van der Waals surface area contributed by atoms with Crippen molar-refractivity contribution in [1.29, 1.82) is 0 Å². The third-order valence-corrected chi connectivity index (χ3v) is 5.37. The zero-order chi connectivity index (χ0) is 18.3. The van der Waals surface area contributed by atoms with Crippen LogP contribution in [0.25, 0.3) is 0 Å². The molecule has 25 heavy (non-hydrogen) atoms. The Labute approximate surface area is 146 Å². The first-order valence-corrected chi connectivity index (χ1v) is 8.33. The molecule has 0 amide bonds. The van der Waals surface area contributed by atoms with E-state index in [2.05, 4.69) is 19.7 Å². The Kier molecular flexibility index (Phi) is 4.09. The predicted molar refractivity (Wildman–Crippen MR) is 88.3 cm³/mol. The Morgan fingerprint density at radius 1 is 0.680 bits per heavy atom. The Hall–Kier alpha value is -2.37. The van der Waals surface area contributed by atoms with Gasteiger partial charge in [0, 0.05) is 37.5 Å². The highest BCUT2D eigenvalue weighted by molar-refractivity contribution is 5.83. The van der Waals surface area contributed by atoms with Crippen molar-refractivity contribution >= 4 is 17.9 Å². The van der Waals surface area contributed by atoms with Gasteiger partial charge in [-0.05, 0) is 25.2 Å². The first-order chi connectivity index (χ1) is 11.8. The molecule has 0 heterocycles. The van der Waals surface area contributed by atoms with Crippen molar-refractivity contribution in [1.82, 2.24) is 0 Å².